The molecule has 0 heteroatoms. The SMILES string of the molecule is C.C.CC.CCCC(C)(C)CC. The van der Waals surface area contributed by atoms with Crippen molar-refractivity contribution >= 4 is 0 Å². The van der Waals surface area contributed by atoms with Crippen LogP contribution in [0.15, 0.2) is 0 Å². The van der Waals surface area contributed by atoms with Gasteiger partial charge < -0.3 is 0 Å². The minimum absolute atomic E-state index is 0. The van der Waals surface area contributed by atoms with Crippen LogP contribution in [0.2, 0.25) is 0 Å². The highest BCUT2D eigenvalue weighted by atomic mass is 14.2. The average Bonchev–Trinajstić information content (AvgIpc) is 1.93. The molecule has 12 heavy (non-hydrogen) atoms. The first-order valence-electron chi connectivity index (χ1n) is 4.62. The molecule has 0 aromatic carbocycles. The Kier molecular flexibility index (Phi) is 25.7. The summed E-state index contributed by atoms with van der Waals surface area (Å²) >= 11 is 0. The number of hydrogen-bond donors (Lipinski definition) is 0. The number of hydrogen-bond acceptors (Lipinski definition) is 0. The van der Waals surface area contributed by atoms with Crippen molar-refractivity contribution in [1.82, 2.24) is 0 Å². The van der Waals surface area contributed by atoms with E-state index in [9.17, 15) is 0 Å². The van der Waals surface area contributed by atoms with E-state index in [0.29, 0.717) is 5.41 Å². The summed E-state index contributed by atoms with van der Waals surface area (Å²) in [4.78, 5) is 0. The summed E-state index contributed by atoms with van der Waals surface area (Å²) in [6.45, 7) is 13.2. The van der Waals surface area contributed by atoms with Crippen molar-refractivity contribution in [3.8, 4) is 0 Å². The first-order chi connectivity index (χ1) is 4.62. The third-order valence-corrected chi connectivity index (χ3v) is 1.88. The van der Waals surface area contributed by atoms with Gasteiger partial charge in [-0.3, -0.25) is 0 Å². The van der Waals surface area contributed by atoms with Crippen LogP contribution in [-0.4, -0.2) is 0 Å². The lowest BCUT2D eigenvalue weighted by Crippen LogP contribution is -2.07. The summed E-state index contributed by atoms with van der Waals surface area (Å²) in [6.07, 6.45) is 3.99. The predicted octanol–water partition coefficient (Wildman–Crippen LogP) is 5.52. The summed E-state index contributed by atoms with van der Waals surface area (Å²) in [5.41, 5.74) is 0.592. The van der Waals surface area contributed by atoms with E-state index in [0.717, 1.165) is 0 Å². The second-order valence-corrected chi connectivity index (χ2v) is 3.27. The summed E-state index contributed by atoms with van der Waals surface area (Å²) < 4.78 is 0. The maximum atomic E-state index is 2.33. The van der Waals surface area contributed by atoms with E-state index < -0.39 is 0 Å². The lowest BCUT2D eigenvalue weighted by atomic mass is 9.86. The molecule has 0 aliphatic heterocycles. The van der Waals surface area contributed by atoms with Gasteiger partial charge in [-0.25, -0.2) is 0 Å². The van der Waals surface area contributed by atoms with Gasteiger partial charge in [-0.1, -0.05) is 69.2 Å². The molecule has 0 unspecified atom stereocenters. The fourth-order valence-corrected chi connectivity index (χ4v) is 0.854. The highest BCUT2D eigenvalue weighted by Gasteiger charge is 2.11. The van der Waals surface area contributed by atoms with Gasteiger partial charge in [0.2, 0.25) is 0 Å². The van der Waals surface area contributed by atoms with E-state index in [-0.39, 0.29) is 14.9 Å². The summed E-state index contributed by atoms with van der Waals surface area (Å²) in [5, 5.41) is 0. The molecule has 0 aliphatic carbocycles. The van der Waals surface area contributed by atoms with Gasteiger partial charge in [0.25, 0.3) is 0 Å². The molecule has 0 atom stereocenters. The molecule has 80 valence electrons. The van der Waals surface area contributed by atoms with Crippen LogP contribution in [0.1, 0.15) is 75.7 Å². The lowest BCUT2D eigenvalue weighted by Gasteiger charge is -2.20. The van der Waals surface area contributed by atoms with Crippen LogP contribution < -0.4 is 0 Å². The molecule has 0 spiro atoms. The topological polar surface area (TPSA) is 0 Å². The molecule has 0 N–H and O–H groups in total. The van der Waals surface area contributed by atoms with E-state index in [1.165, 1.54) is 19.3 Å². The zero-order valence-electron chi connectivity index (χ0n) is 8.62. The molecule has 0 amide bonds. The van der Waals surface area contributed by atoms with E-state index in [1.54, 1.807) is 0 Å². The fourth-order valence-electron chi connectivity index (χ4n) is 0.854. The quantitative estimate of drug-likeness (QED) is 0.531. The standard InChI is InChI=1S/C8H18.C2H6.2CH4/c1-5-7-8(3,4)6-2;1-2;;/h5-7H2,1-4H3;1-2H3;2*1H4. The first kappa shape index (κ1) is 22.7. The van der Waals surface area contributed by atoms with E-state index in [2.05, 4.69) is 27.7 Å². The normalized spacial score (nSPS) is 8.50. The van der Waals surface area contributed by atoms with Gasteiger partial charge in [0.15, 0.2) is 0 Å². The van der Waals surface area contributed by atoms with Gasteiger partial charge in [-0.05, 0) is 11.8 Å². The highest BCUT2D eigenvalue weighted by Crippen LogP contribution is 2.25. The van der Waals surface area contributed by atoms with Gasteiger partial charge >= 0.3 is 0 Å². The molecule has 0 heterocycles. The van der Waals surface area contributed by atoms with E-state index >= 15 is 0 Å². The highest BCUT2D eigenvalue weighted by molar-refractivity contribution is 4.63. The Labute approximate surface area is 81.8 Å². The predicted molar refractivity (Wildman–Crippen MR) is 63.8 cm³/mol. The lowest BCUT2D eigenvalue weighted by molar-refractivity contribution is 0.319. The van der Waals surface area contributed by atoms with Crippen molar-refractivity contribution in [2.75, 3.05) is 0 Å². The molecule has 0 saturated carbocycles. The molecule has 0 aromatic heterocycles. The average molecular weight is 176 g/mol. The molecule has 0 radical (unpaired) electrons. The molecule has 0 bridgehead atoms. The maximum Gasteiger partial charge on any atom is -0.0357 e. The number of rotatable bonds is 3. The first-order valence-corrected chi connectivity index (χ1v) is 4.62. The summed E-state index contributed by atoms with van der Waals surface area (Å²) in [5.74, 6) is 0. The molecule has 0 nitrogen and oxygen atoms in total. The Morgan fingerprint density at radius 2 is 1.25 bits per heavy atom. The Morgan fingerprint density at radius 3 is 1.33 bits per heavy atom. The third-order valence-electron chi connectivity index (χ3n) is 1.88. The van der Waals surface area contributed by atoms with Crippen LogP contribution in [-0.2, 0) is 0 Å². The molecule has 0 fully saturated rings. The Hall–Kier alpha value is 0. The van der Waals surface area contributed by atoms with Gasteiger partial charge in [0, 0.05) is 0 Å². The molecule has 0 aliphatic rings. The molecular formula is C12H32. The van der Waals surface area contributed by atoms with Gasteiger partial charge in [-0.15, -0.1) is 0 Å². The Morgan fingerprint density at radius 1 is 0.917 bits per heavy atom. The van der Waals surface area contributed by atoms with Crippen LogP contribution in [0, 0.1) is 5.41 Å². The molecule has 0 rings (SSSR count). The Bertz CT molecular complexity index is 53.1. The van der Waals surface area contributed by atoms with Crippen molar-refractivity contribution in [1.29, 1.82) is 0 Å². The van der Waals surface area contributed by atoms with Crippen molar-refractivity contribution in [3.05, 3.63) is 0 Å². The van der Waals surface area contributed by atoms with Gasteiger partial charge in [0.05, 0.1) is 0 Å². The van der Waals surface area contributed by atoms with Gasteiger partial charge in [-0.2, -0.15) is 0 Å². The second kappa shape index (κ2) is 13.6. The smallest absolute Gasteiger partial charge is 0.0357 e. The monoisotopic (exact) mass is 176 g/mol. The van der Waals surface area contributed by atoms with Crippen LogP contribution in [0.25, 0.3) is 0 Å². The van der Waals surface area contributed by atoms with Gasteiger partial charge in [0.1, 0.15) is 0 Å². The third kappa shape index (κ3) is 16.5. The minimum atomic E-state index is 0. The zero-order chi connectivity index (χ0) is 8.62. The summed E-state index contributed by atoms with van der Waals surface area (Å²) in [6, 6.07) is 0. The van der Waals surface area contributed by atoms with Crippen molar-refractivity contribution in [3.63, 3.8) is 0 Å². The fraction of sp³-hybridized carbons (Fsp3) is 1.00. The van der Waals surface area contributed by atoms with Crippen LogP contribution in [0.4, 0.5) is 0 Å². The largest absolute Gasteiger partial charge is 0.0776 e. The van der Waals surface area contributed by atoms with E-state index in [4.69, 9.17) is 0 Å². The maximum absolute atomic E-state index is 2.33. The molecule has 0 aromatic rings. The second-order valence-electron chi connectivity index (χ2n) is 3.27. The zero-order valence-corrected chi connectivity index (χ0v) is 8.62. The van der Waals surface area contributed by atoms with E-state index in [1.807, 2.05) is 13.8 Å². The van der Waals surface area contributed by atoms with Crippen LogP contribution in [0.3, 0.4) is 0 Å². The molecule has 0 saturated heterocycles. The van der Waals surface area contributed by atoms with Crippen LogP contribution >= 0.6 is 0 Å². The van der Waals surface area contributed by atoms with Crippen LogP contribution in [0.5, 0.6) is 0 Å². The Balaban J connectivity index is -0.0000000740. The van der Waals surface area contributed by atoms with Crippen molar-refractivity contribution in [2.24, 2.45) is 5.41 Å². The summed E-state index contributed by atoms with van der Waals surface area (Å²) in [7, 11) is 0. The minimum Gasteiger partial charge on any atom is -0.0776 e. The van der Waals surface area contributed by atoms with Crippen molar-refractivity contribution in [2.45, 2.75) is 75.7 Å². The van der Waals surface area contributed by atoms with Crippen molar-refractivity contribution < 1.29 is 0 Å². The molecular weight excluding hydrogens is 144 g/mol.